The third kappa shape index (κ3) is 4.12. The first-order valence-corrected chi connectivity index (χ1v) is 12.0. The molecule has 1 unspecified atom stereocenters. The Labute approximate surface area is 201 Å². The Morgan fingerprint density at radius 3 is 1.97 bits per heavy atom. The molecule has 0 heterocycles. The lowest BCUT2D eigenvalue weighted by atomic mass is 9.79. The summed E-state index contributed by atoms with van der Waals surface area (Å²) in [5.41, 5.74) is 6.99. The van der Waals surface area contributed by atoms with Crippen LogP contribution in [0.5, 0.6) is 0 Å². The van der Waals surface area contributed by atoms with Gasteiger partial charge < -0.3 is 4.90 Å². The summed E-state index contributed by atoms with van der Waals surface area (Å²) in [6, 6.07) is 18.8. The van der Waals surface area contributed by atoms with Crippen molar-refractivity contribution < 1.29 is 13.2 Å². The second kappa shape index (κ2) is 8.18. The van der Waals surface area contributed by atoms with Gasteiger partial charge in [0.05, 0.1) is 5.56 Å². The molecule has 0 fully saturated rings. The van der Waals surface area contributed by atoms with E-state index in [9.17, 15) is 13.2 Å². The van der Waals surface area contributed by atoms with Crippen LogP contribution in [0.25, 0.3) is 11.1 Å². The van der Waals surface area contributed by atoms with E-state index in [1.807, 2.05) is 11.0 Å². The summed E-state index contributed by atoms with van der Waals surface area (Å²) >= 11 is 0. The van der Waals surface area contributed by atoms with E-state index in [1.165, 1.54) is 39.9 Å². The number of benzene rings is 3. The van der Waals surface area contributed by atoms with E-state index in [1.54, 1.807) is 6.07 Å². The molecule has 1 nitrogen and oxygen atoms in total. The number of halogens is 3. The van der Waals surface area contributed by atoms with Crippen molar-refractivity contribution in [3.05, 3.63) is 82.9 Å². The van der Waals surface area contributed by atoms with E-state index in [4.69, 9.17) is 0 Å². The number of rotatable bonds is 4. The maximum Gasteiger partial charge on any atom is 0.416 e. The molecule has 0 saturated heterocycles. The summed E-state index contributed by atoms with van der Waals surface area (Å²) in [5.74, 6) is 0. The van der Waals surface area contributed by atoms with Gasteiger partial charge in [0, 0.05) is 22.8 Å². The maximum absolute atomic E-state index is 13.4. The standard InChI is InChI=1S/C30H34F3N/c1-8-19(2)34(22-11-9-10-21(16-22)30(31,32)33)23-13-15-25-24-14-12-20(28(3,4)5)17-26(24)29(6,7)27(25)18-23/h9-19H,8H2,1-7H3. The van der Waals surface area contributed by atoms with Gasteiger partial charge in [-0.2, -0.15) is 13.2 Å². The van der Waals surface area contributed by atoms with Gasteiger partial charge in [-0.3, -0.25) is 0 Å². The van der Waals surface area contributed by atoms with Crippen molar-refractivity contribution in [3.8, 4) is 11.1 Å². The fourth-order valence-corrected chi connectivity index (χ4v) is 5.01. The van der Waals surface area contributed by atoms with Gasteiger partial charge >= 0.3 is 6.18 Å². The van der Waals surface area contributed by atoms with Crippen LogP contribution in [0, 0.1) is 0 Å². The number of nitrogens with zero attached hydrogens (tertiary/aromatic N) is 1. The molecule has 1 atom stereocenters. The van der Waals surface area contributed by atoms with E-state index in [-0.39, 0.29) is 16.9 Å². The zero-order valence-electron chi connectivity index (χ0n) is 21.1. The molecule has 1 aliphatic rings. The van der Waals surface area contributed by atoms with Gasteiger partial charge in [-0.15, -0.1) is 0 Å². The smallest absolute Gasteiger partial charge is 0.339 e. The summed E-state index contributed by atoms with van der Waals surface area (Å²) in [4.78, 5) is 2.04. The second-order valence-electron chi connectivity index (χ2n) is 11.0. The molecule has 1 aliphatic carbocycles. The van der Waals surface area contributed by atoms with Crippen molar-refractivity contribution >= 4 is 11.4 Å². The van der Waals surface area contributed by atoms with Crippen molar-refractivity contribution in [2.45, 2.75) is 77.9 Å². The lowest BCUT2D eigenvalue weighted by Crippen LogP contribution is -2.28. The second-order valence-corrected chi connectivity index (χ2v) is 11.0. The van der Waals surface area contributed by atoms with E-state index >= 15 is 0 Å². The molecule has 4 rings (SSSR count). The molecular formula is C30H34F3N. The minimum atomic E-state index is -4.37. The third-order valence-corrected chi connectivity index (χ3v) is 7.29. The highest BCUT2D eigenvalue weighted by molar-refractivity contribution is 5.83. The van der Waals surface area contributed by atoms with Gasteiger partial charge in [0.1, 0.15) is 0 Å². The zero-order valence-corrected chi connectivity index (χ0v) is 21.1. The van der Waals surface area contributed by atoms with E-state index < -0.39 is 11.7 Å². The first-order valence-electron chi connectivity index (χ1n) is 12.0. The average molecular weight is 466 g/mol. The summed E-state index contributed by atoms with van der Waals surface area (Å²) in [6.45, 7) is 15.3. The fourth-order valence-electron chi connectivity index (χ4n) is 5.01. The van der Waals surface area contributed by atoms with Crippen LogP contribution in [0.1, 0.15) is 77.1 Å². The quantitative estimate of drug-likeness (QED) is 0.371. The predicted molar refractivity (Wildman–Crippen MR) is 136 cm³/mol. The van der Waals surface area contributed by atoms with Gasteiger partial charge in [-0.25, -0.2) is 0 Å². The van der Waals surface area contributed by atoms with Crippen LogP contribution in [0.15, 0.2) is 60.7 Å². The van der Waals surface area contributed by atoms with E-state index in [2.05, 4.69) is 78.8 Å². The molecule has 0 spiro atoms. The van der Waals surface area contributed by atoms with E-state index in [0.717, 1.165) is 18.2 Å². The van der Waals surface area contributed by atoms with Gasteiger partial charge in [-0.05, 0) is 76.9 Å². The number of anilines is 2. The SMILES string of the molecule is CCC(C)N(c1cccc(C(F)(F)F)c1)c1ccc2c(c1)C(C)(C)c1cc(C(C)(C)C)ccc1-2. The molecule has 0 amide bonds. The van der Waals surface area contributed by atoms with Crippen molar-refractivity contribution in [3.63, 3.8) is 0 Å². The molecule has 0 bridgehead atoms. The largest absolute Gasteiger partial charge is 0.416 e. The highest BCUT2D eigenvalue weighted by Crippen LogP contribution is 2.51. The summed E-state index contributed by atoms with van der Waals surface area (Å²) in [6.07, 6.45) is -3.56. The molecular weight excluding hydrogens is 431 g/mol. The third-order valence-electron chi connectivity index (χ3n) is 7.29. The molecule has 0 aromatic heterocycles. The van der Waals surface area contributed by atoms with Crippen molar-refractivity contribution in [2.75, 3.05) is 4.90 Å². The molecule has 3 aromatic carbocycles. The Morgan fingerprint density at radius 1 is 0.794 bits per heavy atom. The predicted octanol–water partition coefficient (Wildman–Crippen LogP) is 9.25. The Kier molecular flexibility index (Phi) is 5.86. The normalized spacial score (nSPS) is 15.6. The number of fused-ring (bicyclic) bond motifs is 3. The number of hydrogen-bond donors (Lipinski definition) is 0. The van der Waals surface area contributed by atoms with Crippen LogP contribution in [-0.2, 0) is 17.0 Å². The first kappa shape index (κ1) is 24.4. The minimum absolute atomic E-state index is 0.0425. The van der Waals surface area contributed by atoms with Crippen LogP contribution >= 0.6 is 0 Å². The Morgan fingerprint density at radius 2 is 1.38 bits per heavy atom. The highest BCUT2D eigenvalue weighted by Gasteiger charge is 2.37. The molecule has 0 N–H and O–H groups in total. The Hall–Kier alpha value is -2.75. The maximum atomic E-state index is 13.4. The Balaban J connectivity index is 1.84. The van der Waals surface area contributed by atoms with Gasteiger partial charge in [0.25, 0.3) is 0 Å². The zero-order chi connectivity index (χ0) is 25.1. The van der Waals surface area contributed by atoms with Gasteiger partial charge in [0.15, 0.2) is 0 Å². The van der Waals surface area contributed by atoms with Crippen LogP contribution in [0.3, 0.4) is 0 Å². The summed E-state index contributed by atoms with van der Waals surface area (Å²) < 4.78 is 40.3. The molecule has 0 saturated carbocycles. The molecule has 34 heavy (non-hydrogen) atoms. The van der Waals surface area contributed by atoms with Crippen molar-refractivity contribution in [2.24, 2.45) is 0 Å². The van der Waals surface area contributed by atoms with Crippen molar-refractivity contribution in [1.29, 1.82) is 0 Å². The molecule has 0 radical (unpaired) electrons. The van der Waals surface area contributed by atoms with Crippen molar-refractivity contribution in [1.82, 2.24) is 0 Å². The van der Waals surface area contributed by atoms with E-state index in [0.29, 0.717) is 5.69 Å². The number of alkyl halides is 3. The minimum Gasteiger partial charge on any atom is -0.339 e. The highest BCUT2D eigenvalue weighted by atomic mass is 19.4. The first-order chi connectivity index (χ1) is 15.7. The summed E-state index contributed by atoms with van der Waals surface area (Å²) in [7, 11) is 0. The number of hydrogen-bond acceptors (Lipinski definition) is 1. The molecule has 0 aliphatic heterocycles. The Bertz CT molecular complexity index is 1210. The van der Waals surface area contributed by atoms with Crippen LogP contribution < -0.4 is 4.90 Å². The van der Waals surface area contributed by atoms with Crippen LogP contribution in [-0.4, -0.2) is 6.04 Å². The molecule has 4 heteroatoms. The van der Waals surface area contributed by atoms with Crippen LogP contribution in [0.4, 0.5) is 24.5 Å². The van der Waals surface area contributed by atoms with Gasteiger partial charge in [0.2, 0.25) is 0 Å². The fraction of sp³-hybridized carbons (Fsp3) is 0.400. The lowest BCUT2D eigenvalue weighted by Gasteiger charge is -2.33. The lowest BCUT2D eigenvalue weighted by molar-refractivity contribution is -0.137. The monoisotopic (exact) mass is 465 g/mol. The van der Waals surface area contributed by atoms with Gasteiger partial charge in [-0.1, -0.05) is 71.9 Å². The molecule has 3 aromatic rings. The summed E-state index contributed by atoms with van der Waals surface area (Å²) in [5, 5.41) is 0. The van der Waals surface area contributed by atoms with Crippen LogP contribution in [0.2, 0.25) is 0 Å². The molecule has 180 valence electrons. The average Bonchev–Trinajstić information content (AvgIpc) is 2.99. The topological polar surface area (TPSA) is 3.24 Å².